The number of rotatable bonds is 7. The highest BCUT2D eigenvalue weighted by Crippen LogP contribution is 2.31. The van der Waals surface area contributed by atoms with Crippen LogP contribution in [0, 0.1) is 0 Å². The van der Waals surface area contributed by atoms with E-state index in [2.05, 4.69) is 34.4 Å². The first-order valence-electron chi connectivity index (χ1n) is 9.05. The zero-order valence-electron chi connectivity index (χ0n) is 16.2. The molecule has 0 spiro atoms. The number of primary amides is 1. The molecule has 0 aliphatic rings. The Hall–Kier alpha value is -2.70. The summed E-state index contributed by atoms with van der Waals surface area (Å²) in [6, 6.07) is 13.1. The van der Waals surface area contributed by atoms with E-state index in [1.54, 1.807) is 12.1 Å². The molecular weight excluding hydrogens is 374 g/mol. The Balaban J connectivity index is 2.04. The van der Waals surface area contributed by atoms with Crippen LogP contribution in [0.3, 0.4) is 0 Å². The van der Waals surface area contributed by atoms with E-state index in [-0.39, 0.29) is 11.6 Å². The van der Waals surface area contributed by atoms with Gasteiger partial charge >= 0.3 is 0 Å². The molecule has 1 aromatic heterocycles. The third-order valence-electron chi connectivity index (χ3n) is 4.90. The molecule has 28 heavy (non-hydrogen) atoms. The van der Waals surface area contributed by atoms with E-state index in [0.717, 1.165) is 17.4 Å². The SMILES string of the molecule is CNC(C)(C)CC(Nc1ncnc2c(C(N)=O)cccc12)c1ccc(Cl)cc1. The molecule has 2 aromatic carbocycles. The predicted molar refractivity (Wildman–Crippen MR) is 114 cm³/mol. The standard InChI is InChI=1S/C21H24ClN5O/c1-21(2,24-3)11-17(13-7-9-14(22)10-8-13)27-20-16-6-4-5-15(19(23)28)18(16)25-12-26-20/h4-10,12,17,24H,11H2,1-3H3,(H2,23,28)(H,25,26,27). The fourth-order valence-corrected chi connectivity index (χ4v) is 3.25. The minimum absolute atomic E-state index is 0.0324. The zero-order valence-corrected chi connectivity index (χ0v) is 16.9. The molecule has 0 saturated carbocycles. The third kappa shape index (κ3) is 4.40. The quantitative estimate of drug-likeness (QED) is 0.561. The van der Waals surface area contributed by atoms with Crippen molar-refractivity contribution < 1.29 is 4.79 Å². The number of hydrogen-bond acceptors (Lipinski definition) is 5. The number of hydrogen-bond donors (Lipinski definition) is 3. The Morgan fingerprint density at radius 2 is 1.89 bits per heavy atom. The summed E-state index contributed by atoms with van der Waals surface area (Å²) in [7, 11) is 1.94. The number of para-hydroxylation sites is 1. The molecule has 7 heteroatoms. The zero-order chi connectivity index (χ0) is 20.3. The Labute approximate surface area is 169 Å². The molecule has 0 aliphatic heterocycles. The van der Waals surface area contributed by atoms with E-state index in [1.807, 2.05) is 37.4 Å². The Kier molecular flexibility index (Phi) is 5.82. The lowest BCUT2D eigenvalue weighted by Crippen LogP contribution is -2.39. The highest BCUT2D eigenvalue weighted by atomic mass is 35.5. The average Bonchev–Trinajstić information content (AvgIpc) is 2.67. The number of carbonyl (C=O) groups is 1. The number of nitrogens with zero attached hydrogens (tertiary/aromatic N) is 2. The summed E-state index contributed by atoms with van der Waals surface area (Å²) < 4.78 is 0. The van der Waals surface area contributed by atoms with Crippen LogP contribution in [-0.2, 0) is 0 Å². The molecule has 146 valence electrons. The number of anilines is 1. The lowest BCUT2D eigenvalue weighted by atomic mass is 9.91. The Bertz CT molecular complexity index is 988. The average molecular weight is 398 g/mol. The van der Waals surface area contributed by atoms with Crippen LogP contribution in [0.2, 0.25) is 5.02 Å². The topological polar surface area (TPSA) is 92.9 Å². The van der Waals surface area contributed by atoms with E-state index in [1.165, 1.54) is 6.33 Å². The van der Waals surface area contributed by atoms with Crippen molar-refractivity contribution >= 4 is 34.2 Å². The van der Waals surface area contributed by atoms with Gasteiger partial charge in [0.25, 0.3) is 5.91 Å². The third-order valence-corrected chi connectivity index (χ3v) is 5.16. The number of carbonyl (C=O) groups excluding carboxylic acids is 1. The van der Waals surface area contributed by atoms with Crippen molar-refractivity contribution in [1.29, 1.82) is 0 Å². The minimum atomic E-state index is -0.513. The van der Waals surface area contributed by atoms with Gasteiger partial charge in [0, 0.05) is 15.9 Å². The van der Waals surface area contributed by atoms with Gasteiger partial charge in [-0.25, -0.2) is 9.97 Å². The number of nitrogens with two attached hydrogens (primary N) is 1. The summed E-state index contributed by atoms with van der Waals surface area (Å²) in [5, 5.41) is 8.31. The number of halogens is 1. The van der Waals surface area contributed by atoms with Crippen molar-refractivity contribution in [2.75, 3.05) is 12.4 Å². The number of benzene rings is 2. The molecule has 0 fully saturated rings. The van der Waals surface area contributed by atoms with Crippen LogP contribution in [0.15, 0.2) is 48.8 Å². The van der Waals surface area contributed by atoms with Crippen molar-refractivity contribution in [2.24, 2.45) is 5.73 Å². The van der Waals surface area contributed by atoms with Gasteiger partial charge in [0.2, 0.25) is 0 Å². The molecule has 0 radical (unpaired) electrons. The second-order valence-corrected chi connectivity index (χ2v) is 7.81. The molecule has 1 unspecified atom stereocenters. The van der Waals surface area contributed by atoms with E-state index >= 15 is 0 Å². The van der Waals surface area contributed by atoms with E-state index in [0.29, 0.717) is 21.9 Å². The second kappa shape index (κ2) is 8.12. The van der Waals surface area contributed by atoms with Gasteiger partial charge in [-0.3, -0.25) is 4.79 Å². The van der Waals surface area contributed by atoms with Gasteiger partial charge in [0.05, 0.1) is 17.1 Å². The maximum absolute atomic E-state index is 11.7. The van der Waals surface area contributed by atoms with Crippen LogP contribution in [0.4, 0.5) is 5.82 Å². The molecule has 0 aliphatic carbocycles. The summed E-state index contributed by atoms with van der Waals surface area (Å²) >= 11 is 6.06. The van der Waals surface area contributed by atoms with Gasteiger partial charge in [0.1, 0.15) is 12.1 Å². The monoisotopic (exact) mass is 397 g/mol. The number of amides is 1. The second-order valence-electron chi connectivity index (χ2n) is 7.37. The molecule has 1 atom stereocenters. The van der Waals surface area contributed by atoms with Gasteiger partial charge < -0.3 is 16.4 Å². The van der Waals surface area contributed by atoms with Crippen LogP contribution in [0.1, 0.15) is 42.2 Å². The van der Waals surface area contributed by atoms with Crippen LogP contribution in [0.5, 0.6) is 0 Å². The molecular formula is C21H24ClN5O. The highest BCUT2D eigenvalue weighted by molar-refractivity contribution is 6.30. The van der Waals surface area contributed by atoms with Gasteiger partial charge in [-0.2, -0.15) is 0 Å². The summed E-state index contributed by atoms with van der Waals surface area (Å²) in [6.07, 6.45) is 2.24. The summed E-state index contributed by atoms with van der Waals surface area (Å²) in [4.78, 5) is 20.4. The molecule has 3 aromatic rings. The maximum Gasteiger partial charge on any atom is 0.250 e. The van der Waals surface area contributed by atoms with Crippen LogP contribution >= 0.6 is 11.6 Å². The molecule has 0 saturated heterocycles. The van der Waals surface area contributed by atoms with Crippen LogP contribution < -0.4 is 16.4 Å². The van der Waals surface area contributed by atoms with E-state index in [9.17, 15) is 4.79 Å². The maximum atomic E-state index is 11.7. The molecule has 3 rings (SSSR count). The molecule has 0 bridgehead atoms. The lowest BCUT2D eigenvalue weighted by Gasteiger charge is -2.31. The fourth-order valence-electron chi connectivity index (χ4n) is 3.13. The fraction of sp³-hybridized carbons (Fsp3) is 0.286. The first-order valence-corrected chi connectivity index (χ1v) is 9.43. The summed E-state index contributed by atoms with van der Waals surface area (Å²) in [5.41, 5.74) is 7.39. The van der Waals surface area contributed by atoms with E-state index in [4.69, 9.17) is 17.3 Å². The van der Waals surface area contributed by atoms with Gasteiger partial charge in [-0.1, -0.05) is 29.8 Å². The van der Waals surface area contributed by atoms with Crippen molar-refractivity contribution in [3.8, 4) is 0 Å². The predicted octanol–water partition coefficient (Wildman–Crippen LogP) is 3.92. The number of fused-ring (bicyclic) bond motifs is 1. The van der Waals surface area contributed by atoms with Gasteiger partial charge in [-0.15, -0.1) is 0 Å². The summed E-state index contributed by atoms with van der Waals surface area (Å²) in [5.74, 6) is 0.140. The Morgan fingerprint density at radius 3 is 2.54 bits per heavy atom. The van der Waals surface area contributed by atoms with Crippen LogP contribution in [0.25, 0.3) is 10.9 Å². The molecule has 6 nitrogen and oxygen atoms in total. The first kappa shape index (κ1) is 20.0. The summed E-state index contributed by atoms with van der Waals surface area (Å²) in [6.45, 7) is 4.28. The highest BCUT2D eigenvalue weighted by Gasteiger charge is 2.24. The minimum Gasteiger partial charge on any atom is -0.366 e. The number of aromatic nitrogens is 2. The molecule has 1 amide bonds. The number of nitrogens with one attached hydrogen (secondary N) is 2. The largest absolute Gasteiger partial charge is 0.366 e. The molecule has 1 heterocycles. The Morgan fingerprint density at radius 1 is 1.18 bits per heavy atom. The van der Waals surface area contributed by atoms with Gasteiger partial charge in [0.15, 0.2) is 0 Å². The van der Waals surface area contributed by atoms with Crippen molar-refractivity contribution in [2.45, 2.75) is 31.8 Å². The smallest absolute Gasteiger partial charge is 0.250 e. The van der Waals surface area contributed by atoms with Crippen molar-refractivity contribution in [1.82, 2.24) is 15.3 Å². The van der Waals surface area contributed by atoms with Crippen LogP contribution in [-0.4, -0.2) is 28.5 Å². The van der Waals surface area contributed by atoms with Crippen molar-refractivity contribution in [3.63, 3.8) is 0 Å². The first-order chi connectivity index (χ1) is 13.3. The van der Waals surface area contributed by atoms with Crippen molar-refractivity contribution in [3.05, 3.63) is 64.9 Å². The molecule has 4 N–H and O–H groups in total. The normalized spacial score (nSPS) is 12.7. The van der Waals surface area contributed by atoms with E-state index < -0.39 is 5.91 Å². The lowest BCUT2D eigenvalue weighted by molar-refractivity contribution is 0.100. The van der Waals surface area contributed by atoms with Gasteiger partial charge in [-0.05, 0) is 57.1 Å².